The molecule has 1 aromatic carbocycles. The van der Waals surface area contributed by atoms with Gasteiger partial charge in [-0.3, -0.25) is 0 Å². The van der Waals surface area contributed by atoms with Crippen LogP contribution < -0.4 is 9.16 Å². The highest BCUT2D eigenvalue weighted by Gasteiger charge is 2.41. The highest BCUT2D eigenvalue weighted by atomic mass is 79.9. The van der Waals surface area contributed by atoms with Crippen molar-refractivity contribution in [1.29, 1.82) is 0 Å². The van der Waals surface area contributed by atoms with Crippen LogP contribution in [0.3, 0.4) is 0 Å². The third kappa shape index (κ3) is 9.23. The van der Waals surface area contributed by atoms with Crippen LogP contribution >= 0.6 is 15.9 Å². The molecule has 2 atom stereocenters. The Morgan fingerprint density at radius 3 is 2.15 bits per heavy atom. The van der Waals surface area contributed by atoms with Crippen LogP contribution in [0.4, 0.5) is 0 Å². The molecule has 0 amide bonds. The molecule has 0 aromatic heterocycles. The van der Waals surface area contributed by atoms with Crippen LogP contribution in [0.25, 0.3) is 0 Å². The van der Waals surface area contributed by atoms with E-state index in [2.05, 4.69) is 103 Å². The quantitative estimate of drug-likeness (QED) is 0.141. The fourth-order valence-electron chi connectivity index (χ4n) is 5.10. The summed E-state index contributed by atoms with van der Waals surface area (Å²) in [6.45, 7) is 28.7. The minimum atomic E-state index is -1.93. The molecule has 0 saturated carbocycles. The first kappa shape index (κ1) is 35.2. The molecule has 5 heteroatoms. The van der Waals surface area contributed by atoms with Gasteiger partial charge in [-0.15, -0.1) is 0 Å². The van der Waals surface area contributed by atoms with Crippen molar-refractivity contribution in [3.8, 4) is 11.5 Å². The van der Waals surface area contributed by atoms with Gasteiger partial charge in [0.15, 0.2) is 0 Å². The third-order valence-electron chi connectivity index (χ3n) is 9.48. The monoisotopic (exact) mass is 634 g/mol. The van der Waals surface area contributed by atoms with Crippen molar-refractivity contribution >= 4 is 24.2 Å². The average molecular weight is 636 g/mol. The molecule has 1 heterocycles. The topological polar surface area (TPSA) is 38.7 Å². The van der Waals surface area contributed by atoms with Gasteiger partial charge in [-0.1, -0.05) is 60.0 Å². The summed E-state index contributed by atoms with van der Waals surface area (Å²) in [5.41, 5.74) is 7.12. The number of allylic oxidation sites excluding steroid dienone is 4. The first-order valence-corrected chi connectivity index (χ1v) is 19.2. The minimum Gasteiger partial charge on any atom is -0.543 e. The highest BCUT2D eigenvalue weighted by Crippen LogP contribution is 2.47. The standard InChI is InChI=1S/C35H59BrO3Si/c1-24(16-14-17-25(2)19-20-30(36)34(9,10)37)18-15-22-35(11)23-21-29-28(5)31(26(3)27(4)32(29)38-35)39-40(12,13)33(6,7)8/h17-18,30,37H,14-16,19-23H2,1-13H3/b24-18+,25-17+/t30?,35-/m1/s1. The van der Waals surface area contributed by atoms with Crippen LogP contribution in [0.5, 0.6) is 11.5 Å². The lowest BCUT2D eigenvalue weighted by molar-refractivity contribution is 0.0559. The van der Waals surface area contributed by atoms with E-state index >= 15 is 0 Å². The number of fused-ring (bicyclic) bond motifs is 1. The molecule has 0 aliphatic carbocycles. The largest absolute Gasteiger partial charge is 0.543 e. The summed E-state index contributed by atoms with van der Waals surface area (Å²) in [6.07, 6.45) is 13.1. The van der Waals surface area contributed by atoms with Crippen molar-refractivity contribution in [1.82, 2.24) is 0 Å². The van der Waals surface area contributed by atoms with E-state index in [0.717, 1.165) is 62.9 Å². The van der Waals surface area contributed by atoms with Gasteiger partial charge in [-0.05, 0) is 142 Å². The maximum atomic E-state index is 10.1. The lowest BCUT2D eigenvalue weighted by Crippen LogP contribution is -2.44. The van der Waals surface area contributed by atoms with Gasteiger partial charge in [0, 0.05) is 10.4 Å². The molecule has 1 aromatic rings. The summed E-state index contributed by atoms with van der Waals surface area (Å²) in [7, 11) is -1.93. The highest BCUT2D eigenvalue weighted by molar-refractivity contribution is 9.09. The number of aliphatic hydroxyl groups is 1. The molecule has 0 spiro atoms. The zero-order valence-corrected chi connectivity index (χ0v) is 30.6. The lowest BCUT2D eigenvalue weighted by atomic mass is 9.85. The number of rotatable bonds is 12. The predicted molar refractivity (Wildman–Crippen MR) is 180 cm³/mol. The van der Waals surface area contributed by atoms with E-state index < -0.39 is 13.9 Å². The summed E-state index contributed by atoms with van der Waals surface area (Å²) in [4.78, 5) is 0.120. The van der Waals surface area contributed by atoms with E-state index in [-0.39, 0.29) is 15.5 Å². The molecular weight excluding hydrogens is 576 g/mol. The van der Waals surface area contributed by atoms with Crippen molar-refractivity contribution < 1.29 is 14.3 Å². The molecule has 228 valence electrons. The third-order valence-corrected chi connectivity index (χ3v) is 15.4. The normalized spacial score (nSPS) is 19.8. The molecule has 2 rings (SSSR count). The molecular formula is C35H59BrO3Si. The van der Waals surface area contributed by atoms with Gasteiger partial charge in [0.2, 0.25) is 0 Å². The number of alkyl halides is 1. The zero-order valence-electron chi connectivity index (χ0n) is 28.0. The van der Waals surface area contributed by atoms with Crippen molar-refractivity contribution in [3.05, 3.63) is 45.6 Å². The molecule has 1 N–H and O–H groups in total. The van der Waals surface area contributed by atoms with Crippen molar-refractivity contribution in [3.63, 3.8) is 0 Å². The molecule has 1 aliphatic rings. The minimum absolute atomic E-state index is 0.120. The van der Waals surface area contributed by atoms with Crippen LogP contribution in [0.1, 0.15) is 123 Å². The summed E-state index contributed by atoms with van der Waals surface area (Å²) in [5.74, 6) is 2.20. The summed E-state index contributed by atoms with van der Waals surface area (Å²) >= 11 is 3.62. The van der Waals surface area contributed by atoms with Crippen molar-refractivity contribution in [2.45, 2.75) is 162 Å². The Balaban J connectivity index is 2.00. The number of hydrogen-bond acceptors (Lipinski definition) is 3. The van der Waals surface area contributed by atoms with Crippen molar-refractivity contribution in [2.24, 2.45) is 0 Å². The Morgan fingerprint density at radius 1 is 1.00 bits per heavy atom. The van der Waals surface area contributed by atoms with E-state index in [4.69, 9.17) is 9.16 Å². The first-order valence-electron chi connectivity index (χ1n) is 15.4. The molecule has 0 fully saturated rings. The Labute approximate surface area is 256 Å². The summed E-state index contributed by atoms with van der Waals surface area (Å²) < 4.78 is 13.7. The van der Waals surface area contributed by atoms with Crippen LogP contribution in [0.2, 0.25) is 18.1 Å². The summed E-state index contributed by atoms with van der Waals surface area (Å²) in [6, 6.07) is 0. The predicted octanol–water partition coefficient (Wildman–Crippen LogP) is 10.8. The van der Waals surface area contributed by atoms with Gasteiger partial charge < -0.3 is 14.3 Å². The van der Waals surface area contributed by atoms with E-state index in [1.807, 2.05) is 13.8 Å². The van der Waals surface area contributed by atoms with Gasteiger partial charge in [-0.25, -0.2) is 0 Å². The second-order valence-corrected chi connectivity index (χ2v) is 20.6. The molecule has 0 bridgehead atoms. The van der Waals surface area contributed by atoms with E-state index in [1.165, 1.54) is 33.4 Å². The van der Waals surface area contributed by atoms with Crippen molar-refractivity contribution in [2.75, 3.05) is 0 Å². The fraction of sp³-hybridized carbons (Fsp3) is 0.714. The van der Waals surface area contributed by atoms with Crippen LogP contribution in [0, 0.1) is 20.8 Å². The van der Waals surface area contributed by atoms with E-state index in [1.54, 1.807) is 0 Å². The maximum absolute atomic E-state index is 10.1. The van der Waals surface area contributed by atoms with E-state index in [0.29, 0.717) is 0 Å². The van der Waals surface area contributed by atoms with Gasteiger partial charge in [-0.2, -0.15) is 0 Å². The van der Waals surface area contributed by atoms with Gasteiger partial charge in [0.1, 0.15) is 17.1 Å². The zero-order chi connectivity index (χ0) is 30.7. The number of halogens is 1. The Bertz CT molecular complexity index is 1090. The average Bonchev–Trinajstić information content (AvgIpc) is 2.82. The van der Waals surface area contributed by atoms with Gasteiger partial charge in [0.25, 0.3) is 8.32 Å². The first-order chi connectivity index (χ1) is 18.2. The van der Waals surface area contributed by atoms with Gasteiger partial charge >= 0.3 is 0 Å². The number of ether oxygens (including phenoxy) is 1. The van der Waals surface area contributed by atoms with Crippen LogP contribution in [-0.4, -0.2) is 29.5 Å². The smallest absolute Gasteiger partial charge is 0.250 e. The Morgan fingerprint density at radius 2 is 1.57 bits per heavy atom. The fourth-order valence-corrected chi connectivity index (χ4v) is 6.45. The molecule has 3 nitrogen and oxygen atoms in total. The summed E-state index contributed by atoms with van der Waals surface area (Å²) in [5, 5.41) is 10.3. The molecule has 1 unspecified atom stereocenters. The van der Waals surface area contributed by atoms with Crippen LogP contribution in [-0.2, 0) is 6.42 Å². The maximum Gasteiger partial charge on any atom is 0.250 e. The van der Waals surface area contributed by atoms with E-state index in [9.17, 15) is 5.11 Å². The molecule has 0 saturated heterocycles. The Hall–Kier alpha value is -1.04. The number of benzene rings is 1. The molecule has 1 aliphatic heterocycles. The molecule has 40 heavy (non-hydrogen) atoms. The van der Waals surface area contributed by atoms with Gasteiger partial charge in [0.05, 0.1) is 5.60 Å². The number of hydrogen-bond donors (Lipinski definition) is 1. The lowest BCUT2D eigenvalue weighted by Gasteiger charge is -2.41. The van der Waals surface area contributed by atoms with Crippen LogP contribution in [0.15, 0.2) is 23.3 Å². The molecule has 0 radical (unpaired) electrons. The Kier molecular flexibility index (Phi) is 11.9. The second-order valence-electron chi connectivity index (χ2n) is 14.8. The second kappa shape index (κ2) is 13.5. The SMILES string of the molecule is C/C(=C\CC[C@]1(C)CCc2c(C)c(O[Si](C)(C)C(C)(C)C)c(C)c(C)c2O1)CC/C=C(\C)CCC(Br)C(C)(C)O.